The van der Waals surface area contributed by atoms with Gasteiger partial charge in [0.25, 0.3) is 5.56 Å². The van der Waals surface area contributed by atoms with Crippen LogP contribution in [0.5, 0.6) is 0 Å². The average Bonchev–Trinajstić information content (AvgIpc) is 2.28. The van der Waals surface area contributed by atoms with E-state index in [0.29, 0.717) is 12.0 Å². The van der Waals surface area contributed by atoms with Crippen LogP contribution in [0.1, 0.15) is 11.3 Å². The molecule has 0 aliphatic heterocycles. The topological polar surface area (TPSA) is 65.7 Å². The smallest absolute Gasteiger partial charge is 0.311 e. The number of aromatic nitrogens is 2. The SMILES string of the molecule is O=c1[nH]c2c(c(=O)[nH]1)-c1ccccc1CC2. The van der Waals surface area contributed by atoms with Crippen LogP contribution in [-0.2, 0) is 12.8 Å². The molecule has 2 N–H and O–H groups in total. The van der Waals surface area contributed by atoms with E-state index in [-0.39, 0.29) is 5.56 Å². The molecule has 1 aromatic heterocycles. The largest absolute Gasteiger partial charge is 0.325 e. The zero-order chi connectivity index (χ0) is 11.1. The van der Waals surface area contributed by atoms with Crippen LogP contribution in [0.3, 0.4) is 0 Å². The third kappa shape index (κ3) is 1.23. The number of hydrogen-bond donors (Lipinski definition) is 2. The third-order valence-corrected chi connectivity index (χ3v) is 2.95. The summed E-state index contributed by atoms with van der Waals surface area (Å²) in [5.41, 5.74) is 2.72. The molecule has 0 unspecified atom stereocenters. The first-order chi connectivity index (χ1) is 7.75. The second-order valence-corrected chi connectivity index (χ2v) is 3.92. The molecule has 80 valence electrons. The van der Waals surface area contributed by atoms with Crippen molar-refractivity contribution in [3.63, 3.8) is 0 Å². The predicted octanol–water partition coefficient (Wildman–Crippen LogP) is 0.829. The van der Waals surface area contributed by atoms with Crippen molar-refractivity contribution in [3.05, 3.63) is 56.4 Å². The molecule has 16 heavy (non-hydrogen) atoms. The summed E-state index contributed by atoms with van der Waals surface area (Å²) in [6.45, 7) is 0. The molecule has 0 bridgehead atoms. The normalized spacial score (nSPS) is 13.0. The van der Waals surface area contributed by atoms with E-state index in [4.69, 9.17) is 0 Å². The van der Waals surface area contributed by atoms with Gasteiger partial charge in [0.15, 0.2) is 0 Å². The number of rotatable bonds is 0. The first kappa shape index (κ1) is 9.15. The zero-order valence-electron chi connectivity index (χ0n) is 8.54. The lowest BCUT2D eigenvalue weighted by molar-refractivity contribution is 0.856. The van der Waals surface area contributed by atoms with Crippen LogP contribution in [-0.4, -0.2) is 9.97 Å². The van der Waals surface area contributed by atoms with Gasteiger partial charge < -0.3 is 4.98 Å². The number of fused-ring (bicyclic) bond motifs is 3. The molecule has 0 radical (unpaired) electrons. The first-order valence-corrected chi connectivity index (χ1v) is 5.19. The molecule has 1 aliphatic carbocycles. The monoisotopic (exact) mass is 214 g/mol. The highest BCUT2D eigenvalue weighted by Crippen LogP contribution is 2.28. The van der Waals surface area contributed by atoms with Crippen LogP contribution in [0.15, 0.2) is 33.9 Å². The summed E-state index contributed by atoms with van der Waals surface area (Å²) < 4.78 is 0. The standard InChI is InChI=1S/C12H10N2O2/c15-11-10-8-4-2-1-3-7(8)5-6-9(10)13-12(16)14-11/h1-4H,5-6H2,(H2,13,14,15,16). The Morgan fingerprint density at radius 3 is 2.69 bits per heavy atom. The number of nitrogens with one attached hydrogen (secondary N) is 2. The van der Waals surface area contributed by atoms with Gasteiger partial charge in [-0.3, -0.25) is 9.78 Å². The Morgan fingerprint density at radius 2 is 1.81 bits per heavy atom. The van der Waals surface area contributed by atoms with Gasteiger partial charge in [-0.1, -0.05) is 24.3 Å². The summed E-state index contributed by atoms with van der Waals surface area (Å²) in [6, 6.07) is 7.80. The van der Waals surface area contributed by atoms with Crippen molar-refractivity contribution in [1.29, 1.82) is 0 Å². The zero-order valence-corrected chi connectivity index (χ0v) is 8.54. The fourth-order valence-corrected chi connectivity index (χ4v) is 2.25. The van der Waals surface area contributed by atoms with E-state index >= 15 is 0 Å². The minimum atomic E-state index is -0.428. The molecule has 0 amide bonds. The van der Waals surface area contributed by atoms with Gasteiger partial charge in [-0.05, 0) is 24.0 Å². The van der Waals surface area contributed by atoms with Crippen LogP contribution in [0.4, 0.5) is 0 Å². The van der Waals surface area contributed by atoms with Gasteiger partial charge in [-0.2, -0.15) is 0 Å². The van der Waals surface area contributed by atoms with Crippen molar-refractivity contribution in [1.82, 2.24) is 9.97 Å². The fraction of sp³-hybridized carbons (Fsp3) is 0.167. The van der Waals surface area contributed by atoms with E-state index in [0.717, 1.165) is 23.2 Å². The predicted molar refractivity (Wildman–Crippen MR) is 60.5 cm³/mol. The summed E-state index contributed by atoms with van der Waals surface area (Å²) in [4.78, 5) is 27.9. The Labute approximate surface area is 91.0 Å². The second kappa shape index (κ2) is 3.20. The van der Waals surface area contributed by atoms with Gasteiger partial charge >= 0.3 is 5.69 Å². The number of aryl methyl sites for hydroxylation is 2. The highest BCUT2D eigenvalue weighted by Gasteiger charge is 2.19. The van der Waals surface area contributed by atoms with Crippen molar-refractivity contribution in [2.45, 2.75) is 12.8 Å². The molecule has 3 rings (SSSR count). The van der Waals surface area contributed by atoms with Crippen LogP contribution in [0, 0.1) is 0 Å². The van der Waals surface area contributed by atoms with E-state index in [1.54, 1.807) is 0 Å². The lowest BCUT2D eigenvalue weighted by atomic mass is 9.89. The van der Waals surface area contributed by atoms with E-state index in [1.807, 2.05) is 24.3 Å². The average molecular weight is 214 g/mol. The maximum absolute atomic E-state index is 11.8. The van der Waals surface area contributed by atoms with Crippen LogP contribution in [0.2, 0.25) is 0 Å². The molecule has 0 saturated carbocycles. The second-order valence-electron chi connectivity index (χ2n) is 3.92. The molecule has 1 aliphatic rings. The Bertz CT molecular complexity index is 667. The van der Waals surface area contributed by atoms with Crippen molar-refractivity contribution in [2.75, 3.05) is 0 Å². The molecule has 0 fully saturated rings. The molecule has 4 heteroatoms. The highest BCUT2D eigenvalue weighted by atomic mass is 16.2. The van der Waals surface area contributed by atoms with Crippen LogP contribution in [0.25, 0.3) is 11.1 Å². The molecular formula is C12H10N2O2. The number of hydrogen-bond acceptors (Lipinski definition) is 2. The number of aromatic amines is 2. The molecule has 2 aromatic rings. The maximum Gasteiger partial charge on any atom is 0.325 e. The fourth-order valence-electron chi connectivity index (χ4n) is 2.25. The van der Waals surface area contributed by atoms with Crippen molar-refractivity contribution >= 4 is 0 Å². The third-order valence-electron chi connectivity index (χ3n) is 2.95. The number of benzene rings is 1. The number of H-pyrrole nitrogens is 2. The highest BCUT2D eigenvalue weighted by molar-refractivity contribution is 5.70. The van der Waals surface area contributed by atoms with Gasteiger partial charge in [0, 0.05) is 5.69 Å². The summed E-state index contributed by atoms with van der Waals surface area (Å²) in [6.07, 6.45) is 1.58. The van der Waals surface area contributed by atoms with Gasteiger partial charge in [0.05, 0.1) is 5.56 Å². The summed E-state index contributed by atoms with van der Waals surface area (Å²) in [5.74, 6) is 0. The Balaban J connectivity index is 2.41. The Morgan fingerprint density at radius 1 is 1.00 bits per heavy atom. The minimum Gasteiger partial charge on any atom is -0.311 e. The van der Waals surface area contributed by atoms with Crippen LogP contribution >= 0.6 is 0 Å². The molecule has 4 nitrogen and oxygen atoms in total. The van der Waals surface area contributed by atoms with Gasteiger partial charge in [-0.15, -0.1) is 0 Å². The van der Waals surface area contributed by atoms with Gasteiger partial charge in [0.2, 0.25) is 0 Å². The van der Waals surface area contributed by atoms with E-state index in [1.165, 1.54) is 0 Å². The molecule has 0 atom stereocenters. The Hall–Kier alpha value is -2.10. The van der Waals surface area contributed by atoms with E-state index in [9.17, 15) is 9.59 Å². The van der Waals surface area contributed by atoms with E-state index < -0.39 is 5.69 Å². The molecule has 1 aromatic carbocycles. The van der Waals surface area contributed by atoms with Crippen molar-refractivity contribution in [3.8, 4) is 11.1 Å². The van der Waals surface area contributed by atoms with Gasteiger partial charge in [-0.25, -0.2) is 4.79 Å². The molecule has 0 spiro atoms. The maximum atomic E-state index is 11.8. The Kier molecular flexibility index (Phi) is 1.83. The van der Waals surface area contributed by atoms with Crippen molar-refractivity contribution in [2.24, 2.45) is 0 Å². The summed E-state index contributed by atoms with van der Waals surface area (Å²) in [7, 11) is 0. The lowest BCUT2D eigenvalue weighted by Gasteiger charge is -2.17. The minimum absolute atomic E-state index is 0.300. The van der Waals surface area contributed by atoms with Gasteiger partial charge in [0.1, 0.15) is 0 Å². The molecule has 1 heterocycles. The lowest BCUT2D eigenvalue weighted by Crippen LogP contribution is -2.28. The van der Waals surface area contributed by atoms with Crippen molar-refractivity contribution < 1.29 is 0 Å². The summed E-state index contributed by atoms with van der Waals surface area (Å²) >= 11 is 0. The first-order valence-electron chi connectivity index (χ1n) is 5.19. The molecule has 0 saturated heterocycles. The quantitative estimate of drug-likeness (QED) is 0.682. The van der Waals surface area contributed by atoms with Crippen LogP contribution < -0.4 is 11.2 Å². The molecular weight excluding hydrogens is 204 g/mol. The summed E-state index contributed by atoms with van der Waals surface area (Å²) in [5, 5.41) is 0. The van der Waals surface area contributed by atoms with E-state index in [2.05, 4.69) is 9.97 Å².